The lowest BCUT2D eigenvalue weighted by Gasteiger charge is -2.32. The molecule has 24 heteroatoms. The van der Waals surface area contributed by atoms with Crippen LogP contribution in [0.25, 0.3) is 22.3 Å². The summed E-state index contributed by atoms with van der Waals surface area (Å²) in [4.78, 5) is 61.4. The smallest absolute Gasteiger partial charge is 0.340 e. The van der Waals surface area contributed by atoms with E-state index in [1.807, 2.05) is 27.7 Å². The number of nitrogens with two attached hydrogens (primary N) is 2. The van der Waals surface area contributed by atoms with Crippen LogP contribution >= 0.6 is 11.6 Å². The molecular formula is C56H54ClFN10O12. The molecule has 414 valence electrons. The molecule has 22 nitrogen and oxygen atoms in total. The highest BCUT2D eigenvalue weighted by Crippen LogP contribution is 2.48. The molecule has 3 fully saturated rings. The molecule has 0 saturated carbocycles. The van der Waals surface area contributed by atoms with Crippen LogP contribution in [0.1, 0.15) is 84.1 Å². The molecule has 7 N–H and O–H groups in total. The van der Waals surface area contributed by atoms with Crippen molar-refractivity contribution >= 4 is 63.6 Å². The number of ether oxygens (including phenoxy) is 6. The van der Waals surface area contributed by atoms with Crippen molar-refractivity contribution in [3.05, 3.63) is 132 Å². The molecule has 3 aliphatic rings. The van der Waals surface area contributed by atoms with E-state index in [0.717, 1.165) is 0 Å². The van der Waals surface area contributed by atoms with Gasteiger partial charge in [-0.3, -0.25) is 9.13 Å². The van der Waals surface area contributed by atoms with Crippen molar-refractivity contribution in [1.82, 2.24) is 39.0 Å². The zero-order chi connectivity index (χ0) is 57.7. The third-order valence-electron chi connectivity index (χ3n) is 14.0. The Morgan fingerprint density at radius 2 is 1.16 bits per heavy atom. The number of aliphatic hydroxyl groups excluding tert-OH is 2. The second-order valence-electron chi connectivity index (χ2n) is 18.6. The molecule has 0 spiro atoms. The van der Waals surface area contributed by atoms with Gasteiger partial charge in [-0.25, -0.2) is 24.4 Å². The van der Waals surface area contributed by atoms with Gasteiger partial charge in [-0.15, -0.1) is 19.3 Å². The fourth-order valence-corrected chi connectivity index (χ4v) is 9.81. The fourth-order valence-electron chi connectivity index (χ4n) is 9.61. The topological polar surface area (TPSA) is 307 Å². The Balaban J connectivity index is 0.000000160. The van der Waals surface area contributed by atoms with E-state index in [9.17, 15) is 34.1 Å². The van der Waals surface area contributed by atoms with Crippen LogP contribution in [-0.4, -0.2) is 126 Å². The zero-order valence-corrected chi connectivity index (χ0v) is 44.1. The Morgan fingerprint density at radius 3 is 1.69 bits per heavy atom. The van der Waals surface area contributed by atoms with Gasteiger partial charge in [-0.1, -0.05) is 112 Å². The number of imidazole rings is 2. The van der Waals surface area contributed by atoms with Crippen LogP contribution in [0, 0.1) is 54.9 Å². The predicted molar refractivity (Wildman–Crippen MR) is 285 cm³/mol. The van der Waals surface area contributed by atoms with Gasteiger partial charge in [0.25, 0.3) is 6.29 Å². The number of nitrogen functional groups attached to an aromatic ring is 2. The van der Waals surface area contributed by atoms with Gasteiger partial charge in [0.1, 0.15) is 23.2 Å². The molecule has 3 aliphatic heterocycles. The summed E-state index contributed by atoms with van der Waals surface area (Å²) in [6.45, 7) is 7.04. The number of benzene rings is 3. The van der Waals surface area contributed by atoms with Gasteiger partial charge in [0.2, 0.25) is 17.2 Å². The van der Waals surface area contributed by atoms with Crippen molar-refractivity contribution < 1.29 is 62.5 Å². The SMILES string of the molecule is C#C[C@@]1(O)[C@H](O)[C@@H](CO)O[C@H]1n1cnc2c(N)nc(N)nc21.C#C[C@@]1(OC(=O)c2ccccc2)[C@H](C)[C@@H](CC)O[C@H]1n1cnc2c(Cl)nc(F)nc21.C#C[C@]1(OC(=O)c2ccccc2)[C@@H](OC(=O)c2ccccc2)O[C@H](CC)[C@H]1C. The van der Waals surface area contributed by atoms with E-state index >= 15 is 0 Å². The van der Waals surface area contributed by atoms with E-state index in [1.165, 1.54) is 21.8 Å². The number of terminal acetylenes is 3. The fraction of sp³-hybridized carbons (Fsp3) is 0.339. The minimum Gasteiger partial charge on any atom is -0.437 e. The molecule has 0 unspecified atom stereocenters. The average molecular weight is 1110 g/mol. The number of carbonyl (C=O) groups excluding carboxylic acids is 3. The highest BCUT2D eigenvalue weighted by atomic mass is 35.5. The van der Waals surface area contributed by atoms with Crippen LogP contribution in [-0.2, 0) is 28.4 Å². The third kappa shape index (κ3) is 10.7. The summed E-state index contributed by atoms with van der Waals surface area (Å²) in [6.07, 6.45) is 13.4. The first-order chi connectivity index (χ1) is 38.3. The largest absolute Gasteiger partial charge is 0.437 e. The summed E-state index contributed by atoms with van der Waals surface area (Å²) in [5, 5.41) is 29.7. The van der Waals surface area contributed by atoms with Crippen LogP contribution in [0.5, 0.6) is 0 Å². The number of aliphatic hydroxyl groups is 3. The number of rotatable bonds is 11. The Labute approximate surface area is 462 Å². The van der Waals surface area contributed by atoms with Gasteiger partial charge in [0, 0.05) is 11.8 Å². The van der Waals surface area contributed by atoms with E-state index in [-0.39, 0.29) is 63.3 Å². The monoisotopic (exact) mass is 1110 g/mol. The Kier molecular flexibility index (Phi) is 17.1. The van der Waals surface area contributed by atoms with Gasteiger partial charge in [0.15, 0.2) is 40.3 Å². The number of aromatic nitrogens is 8. The van der Waals surface area contributed by atoms with Crippen molar-refractivity contribution in [1.29, 1.82) is 0 Å². The Bertz CT molecular complexity index is 3520. The molecule has 4 aromatic heterocycles. The minimum atomic E-state index is -2.07. The van der Waals surface area contributed by atoms with Crippen molar-refractivity contribution in [2.24, 2.45) is 11.8 Å². The normalized spacial score (nSPS) is 27.6. The maximum atomic E-state index is 13.9. The van der Waals surface area contributed by atoms with Gasteiger partial charge in [-0.2, -0.15) is 24.3 Å². The lowest BCUT2D eigenvalue weighted by atomic mass is 9.85. The summed E-state index contributed by atoms with van der Waals surface area (Å²) >= 11 is 6.00. The summed E-state index contributed by atoms with van der Waals surface area (Å²) in [7, 11) is 0. The molecule has 0 aliphatic carbocycles. The molecular weight excluding hydrogens is 1060 g/mol. The van der Waals surface area contributed by atoms with Crippen molar-refractivity contribution in [2.45, 2.75) is 101 Å². The molecule has 3 saturated heterocycles. The van der Waals surface area contributed by atoms with E-state index in [2.05, 4.69) is 47.7 Å². The summed E-state index contributed by atoms with van der Waals surface area (Å²) in [6, 6.07) is 25.6. The van der Waals surface area contributed by atoms with E-state index in [0.29, 0.717) is 29.5 Å². The number of esters is 3. The first-order valence-corrected chi connectivity index (χ1v) is 25.3. The first kappa shape index (κ1) is 57.6. The van der Waals surface area contributed by atoms with Gasteiger partial charge in [0.05, 0.1) is 48.2 Å². The van der Waals surface area contributed by atoms with E-state index < -0.39 is 78.3 Å². The number of nitrogens with zero attached hydrogens (tertiary/aromatic N) is 8. The molecule has 10 rings (SSSR count). The summed E-state index contributed by atoms with van der Waals surface area (Å²) in [5.41, 5.74) is 7.99. The number of halogens is 2. The maximum absolute atomic E-state index is 13.9. The molecule has 0 radical (unpaired) electrons. The Morgan fingerprint density at radius 1 is 0.688 bits per heavy atom. The number of carbonyl (C=O) groups is 3. The lowest BCUT2D eigenvalue weighted by Crippen LogP contribution is -2.48. The molecule has 3 aromatic carbocycles. The van der Waals surface area contributed by atoms with Gasteiger partial charge >= 0.3 is 24.0 Å². The highest BCUT2D eigenvalue weighted by molar-refractivity contribution is 6.33. The second-order valence-corrected chi connectivity index (χ2v) is 19.0. The minimum absolute atomic E-state index is 0.0581. The average Bonchev–Trinajstić information content (AvgIpc) is 4.32. The first-order valence-electron chi connectivity index (χ1n) is 24.9. The molecule has 12 atom stereocenters. The number of fused-ring (bicyclic) bond motifs is 2. The van der Waals surface area contributed by atoms with E-state index in [1.54, 1.807) is 91.0 Å². The number of hydrogen-bond donors (Lipinski definition) is 5. The summed E-state index contributed by atoms with van der Waals surface area (Å²) in [5.74, 6) is 4.77. The summed E-state index contributed by atoms with van der Waals surface area (Å²) < 4.78 is 51.3. The van der Waals surface area contributed by atoms with Crippen molar-refractivity contribution in [2.75, 3.05) is 18.1 Å². The highest BCUT2D eigenvalue weighted by Gasteiger charge is 2.60. The maximum Gasteiger partial charge on any atom is 0.340 e. The molecule has 7 heterocycles. The molecule has 0 bridgehead atoms. The molecule has 7 aromatic rings. The molecule has 80 heavy (non-hydrogen) atoms. The van der Waals surface area contributed by atoms with Crippen LogP contribution in [0.3, 0.4) is 0 Å². The standard InChI is InChI=1S/C23H22O5.C21H18ClFN4O3.C12H14N6O4/c1-4-19-16(3)23(5-2,28-21(25)18-14-10-7-11-15-18)22(26-19)27-20(24)17-12-8-6-9-13-17;1-4-14-12(3)21(5-2,30-18(28)13-9-7-6-8-10-13)19(29-14)27-11-24-15-16(22)25-20(23)26-17(15)27;1-2-12(21)7(20)5(3-19)22-10(12)18-4-15-6-8(13)16-11(14)17-9(6)18/h2,6-16,19,22H,4H2,1,3H3;2,6-12,14,19H,4H2,1,3H3;1,4-5,7,10,19-21H,3H2,(H4,13,14,16,17)/t16-,19-,22-,23-;12-,14-,19-,21-;5-,7-,10-,12-/m111/s1. The lowest BCUT2D eigenvalue weighted by molar-refractivity contribution is -0.156. The van der Waals surface area contributed by atoms with Crippen LogP contribution in [0.15, 0.2) is 104 Å². The number of anilines is 2. The Hall–Kier alpha value is -8.57. The third-order valence-corrected chi connectivity index (χ3v) is 14.3. The quantitative estimate of drug-likeness (QED) is 0.0364. The second kappa shape index (κ2) is 23.8. The van der Waals surface area contributed by atoms with Gasteiger partial charge in [-0.05, 0) is 49.2 Å². The van der Waals surface area contributed by atoms with Gasteiger partial charge < -0.3 is 55.2 Å². The van der Waals surface area contributed by atoms with E-state index in [4.69, 9.17) is 70.8 Å². The van der Waals surface area contributed by atoms with Crippen LogP contribution < -0.4 is 11.5 Å². The van der Waals surface area contributed by atoms with Crippen molar-refractivity contribution in [3.63, 3.8) is 0 Å². The van der Waals surface area contributed by atoms with Crippen molar-refractivity contribution in [3.8, 4) is 37.0 Å². The zero-order valence-electron chi connectivity index (χ0n) is 43.4. The van der Waals surface area contributed by atoms with Crippen LogP contribution in [0.2, 0.25) is 5.15 Å². The molecule has 0 amide bonds. The van der Waals surface area contributed by atoms with Crippen LogP contribution in [0.4, 0.5) is 16.2 Å². The predicted octanol–water partition coefficient (Wildman–Crippen LogP) is 5.24. The number of hydrogen-bond acceptors (Lipinski definition) is 20.